The first-order valence-electron chi connectivity index (χ1n) is 7.81. The Labute approximate surface area is 112 Å². The first kappa shape index (κ1) is 14.0. The lowest BCUT2D eigenvalue weighted by Crippen LogP contribution is -2.41. The smallest absolute Gasteiger partial charge is 0.137 e. The monoisotopic (exact) mass is 251 g/mol. The number of ketones is 1. The van der Waals surface area contributed by atoms with Crippen LogP contribution in [0.4, 0.5) is 0 Å². The van der Waals surface area contributed by atoms with Crippen molar-refractivity contribution in [3.8, 4) is 0 Å². The average molecular weight is 251 g/mol. The fourth-order valence-electron chi connectivity index (χ4n) is 3.62. The summed E-state index contributed by atoms with van der Waals surface area (Å²) in [5, 5.41) is 0. The van der Waals surface area contributed by atoms with E-state index in [-0.39, 0.29) is 0 Å². The minimum absolute atomic E-state index is 0.337. The number of nitrogens with zero attached hydrogens (tertiary/aromatic N) is 1. The summed E-state index contributed by atoms with van der Waals surface area (Å²) in [7, 11) is 0. The van der Waals surface area contributed by atoms with E-state index >= 15 is 0 Å². The van der Waals surface area contributed by atoms with E-state index in [2.05, 4.69) is 25.7 Å². The van der Waals surface area contributed by atoms with E-state index in [1.54, 1.807) is 0 Å². The molecule has 0 aromatic rings. The van der Waals surface area contributed by atoms with Crippen molar-refractivity contribution in [2.24, 2.45) is 23.7 Å². The molecule has 2 rings (SSSR count). The molecule has 0 aromatic heterocycles. The molecule has 1 saturated heterocycles. The molecule has 2 atom stereocenters. The second-order valence-electron chi connectivity index (χ2n) is 6.92. The van der Waals surface area contributed by atoms with Crippen LogP contribution in [0.25, 0.3) is 0 Å². The second kappa shape index (κ2) is 6.18. The largest absolute Gasteiger partial charge is 0.303 e. The van der Waals surface area contributed by atoms with Crippen LogP contribution in [-0.2, 0) is 4.79 Å². The number of Topliss-reactive ketones (excluding diaryl/α,β-unsaturated/α-hetero) is 1. The Morgan fingerprint density at radius 2 is 1.89 bits per heavy atom. The highest BCUT2D eigenvalue weighted by molar-refractivity contribution is 5.81. The summed E-state index contributed by atoms with van der Waals surface area (Å²) in [4.78, 5) is 14.5. The van der Waals surface area contributed by atoms with Gasteiger partial charge in [0.1, 0.15) is 5.78 Å². The fraction of sp³-hybridized carbons (Fsp3) is 0.938. The van der Waals surface area contributed by atoms with Gasteiger partial charge < -0.3 is 4.90 Å². The number of rotatable bonds is 3. The van der Waals surface area contributed by atoms with Crippen molar-refractivity contribution >= 4 is 5.78 Å². The van der Waals surface area contributed by atoms with E-state index in [0.717, 1.165) is 43.6 Å². The number of hydrogen-bond acceptors (Lipinski definition) is 2. The molecule has 2 nitrogen and oxygen atoms in total. The molecule has 2 heteroatoms. The molecule has 2 unspecified atom stereocenters. The lowest BCUT2D eigenvalue weighted by molar-refractivity contribution is -0.126. The van der Waals surface area contributed by atoms with Crippen molar-refractivity contribution < 1.29 is 4.79 Å². The lowest BCUT2D eigenvalue weighted by atomic mass is 9.80. The zero-order valence-corrected chi connectivity index (χ0v) is 12.3. The summed E-state index contributed by atoms with van der Waals surface area (Å²) in [6, 6.07) is 0. The molecule has 0 radical (unpaired) electrons. The Morgan fingerprint density at radius 3 is 2.50 bits per heavy atom. The Hall–Kier alpha value is -0.370. The van der Waals surface area contributed by atoms with Crippen LogP contribution in [0.5, 0.6) is 0 Å². The van der Waals surface area contributed by atoms with Crippen molar-refractivity contribution in [2.75, 3.05) is 19.6 Å². The predicted octanol–water partition coefficient (Wildman–Crippen LogP) is 3.36. The Kier molecular flexibility index (Phi) is 4.83. The van der Waals surface area contributed by atoms with Gasteiger partial charge in [0.25, 0.3) is 0 Å². The Morgan fingerprint density at radius 1 is 1.22 bits per heavy atom. The number of hydrogen-bond donors (Lipinski definition) is 0. The molecular formula is C16H29NO. The molecule has 1 heterocycles. The maximum Gasteiger partial charge on any atom is 0.137 e. The lowest BCUT2D eigenvalue weighted by Gasteiger charge is -2.37. The second-order valence-corrected chi connectivity index (χ2v) is 6.92. The van der Waals surface area contributed by atoms with Gasteiger partial charge in [-0.3, -0.25) is 4.79 Å². The molecule has 0 amide bonds. The standard InChI is InChI=1S/C16H29NO/c1-12(2)14-6-8-17(9-7-14)11-15-10-13(3)4-5-16(15)18/h12-15H,4-11H2,1-3H3. The third-order valence-corrected chi connectivity index (χ3v) is 5.08. The molecule has 0 spiro atoms. The third-order valence-electron chi connectivity index (χ3n) is 5.08. The molecule has 2 aliphatic rings. The van der Waals surface area contributed by atoms with Gasteiger partial charge >= 0.3 is 0 Å². The van der Waals surface area contributed by atoms with Crippen molar-refractivity contribution in [2.45, 2.75) is 52.9 Å². The molecule has 1 aliphatic carbocycles. The number of carbonyl (C=O) groups is 1. The minimum atomic E-state index is 0.337. The molecule has 1 aliphatic heterocycles. The van der Waals surface area contributed by atoms with Gasteiger partial charge in [-0.15, -0.1) is 0 Å². The van der Waals surface area contributed by atoms with E-state index < -0.39 is 0 Å². The van der Waals surface area contributed by atoms with Crippen molar-refractivity contribution in [1.82, 2.24) is 4.90 Å². The molecule has 18 heavy (non-hydrogen) atoms. The van der Waals surface area contributed by atoms with Gasteiger partial charge in [-0.1, -0.05) is 20.8 Å². The highest BCUT2D eigenvalue weighted by atomic mass is 16.1. The number of piperidine rings is 1. The SMILES string of the molecule is CC1CCC(=O)C(CN2CCC(C(C)C)CC2)C1. The molecule has 0 aromatic carbocycles. The van der Waals surface area contributed by atoms with Crippen LogP contribution < -0.4 is 0 Å². The van der Waals surface area contributed by atoms with Crippen LogP contribution in [0.2, 0.25) is 0 Å². The average Bonchev–Trinajstić information content (AvgIpc) is 2.34. The number of likely N-dealkylation sites (tertiary alicyclic amines) is 1. The predicted molar refractivity (Wildman–Crippen MR) is 75.5 cm³/mol. The first-order chi connectivity index (χ1) is 8.56. The van der Waals surface area contributed by atoms with Crippen LogP contribution >= 0.6 is 0 Å². The van der Waals surface area contributed by atoms with Crippen LogP contribution in [0.3, 0.4) is 0 Å². The van der Waals surface area contributed by atoms with E-state index in [1.165, 1.54) is 25.9 Å². The quantitative estimate of drug-likeness (QED) is 0.766. The van der Waals surface area contributed by atoms with Gasteiger partial charge in [-0.05, 0) is 56.5 Å². The summed E-state index contributed by atoms with van der Waals surface area (Å²) in [5.41, 5.74) is 0. The molecular weight excluding hydrogens is 222 g/mol. The van der Waals surface area contributed by atoms with Gasteiger partial charge in [-0.2, -0.15) is 0 Å². The highest BCUT2D eigenvalue weighted by Gasteiger charge is 2.29. The maximum absolute atomic E-state index is 12.0. The van der Waals surface area contributed by atoms with Gasteiger partial charge in [0, 0.05) is 18.9 Å². The maximum atomic E-state index is 12.0. The molecule has 0 bridgehead atoms. The van der Waals surface area contributed by atoms with Crippen molar-refractivity contribution in [3.05, 3.63) is 0 Å². The normalized spacial score (nSPS) is 32.1. The minimum Gasteiger partial charge on any atom is -0.303 e. The Bertz CT molecular complexity index is 279. The van der Waals surface area contributed by atoms with Gasteiger partial charge in [0.2, 0.25) is 0 Å². The molecule has 104 valence electrons. The zero-order valence-electron chi connectivity index (χ0n) is 12.3. The molecule has 2 fully saturated rings. The highest BCUT2D eigenvalue weighted by Crippen LogP contribution is 2.29. The first-order valence-corrected chi connectivity index (χ1v) is 7.81. The van der Waals surface area contributed by atoms with Gasteiger partial charge in [-0.25, -0.2) is 0 Å². The molecule has 0 N–H and O–H groups in total. The van der Waals surface area contributed by atoms with Gasteiger partial charge in [0.05, 0.1) is 0 Å². The van der Waals surface area contributed by atoms with Crippen LogP contribution in [0.1, 0.15) is 52.9 Å². The summed E-state index contributed by atoms with van der Waals surface area (Å²) in [6.45, 7) is 10.4. The van der Waals surface area contributed by atoms with Crippen molar-refractivity contribution in [3.63, 3.8) is 0 Å². The van der Waals surface area contributed by atoms with E-state index in [0.29, 0.717) is 11.7 Å². The fourth-order valence-corrected chi connectivity index (χ4v) is 3.62. The summed E-state index contributed by atoms with van der Waals surface area (Å²) in [5.74, 6) is 3.34. The molecule has 1 saturated carbocycles. The zero-order chi connectivity index (χ0) is 13.1. The third kappa shape index (κ3) is 3.57. The van der Waals surface area contributed by atoms with E-state index in [1.807, 2.05) is 0 Å². The van der Waals surface area contributed by atoms with Crippen LogP contribution in [0.15, 0.2) is 0 Å². The van der Waals surface area contributed by atoms with E-state index in [9.17, 15) is 4.79 Å². The van der Waals surface area contributed by atoms with Crippen LogP contribution in [0, 0.1) is 23.7 Å². The van der Waals surface area contributed by atoms with E-state index in [4.69, 9.17) is 0 Å². The summed E-state index contributed by atoms with van der Waals surface area (Å²) in [6.07, 6.45) is 5.73. The topological polar surface area (TPSA) is 20.3 Å². The summed E-state index contributed by atoms with van der Waals surface area (Å²) >= 11 is 0. The van der Waals surface area contributed by atoms with Crippen LogP contribution in [-0.4, -0.2) is 30.3 Å². The number of carbonyl (C=O) groups excluding carboxylic acids is 1. The Balaban J connectivity index is 1.78. The van der Waals surface area contributed by atoms with Gasteiger partial charge in [0.15, 0.2) is 0 Å². The van der Waals surface area contributed by atoms with Crippen molar-refractivity contribution in [1.29, 1.82) is 0 Å². The summed E-state index contributed by atoms with van der Waals surface area (Å²) < 4.78 is 0.